The molecule has 32 heavy (non-hydrogen) atoms. The lowest BCUT2D eigenvalue weighted by molar-refractivity contribution is -0.123. The molecule has 3 aliphatic rings. The number of carbonyl (C=O) groups is 4. The van der Waals surface area contributed by atoms with Gasteiger partial charge in [-0.1, -0.05) is 36.4 Å². The normalized spacial score (nSPS) is 25.2. The van der Waals surface area contributed by atoms with E-state index in [1.807, 2.05) is 12.2 Å². The number of Topliss-reactive ketones (excluding diaryl/α,β-unsaturated/α-hetero) is 1. The van der Waals surface area contributed by atoms with Gasteiger partial charge in [0.15, 0.2) is 12.4 Å². The van der Waals surface area contributed by atoms with Gasteiger partial charge in [0.2, 0.25) is 11.8 Å². The number of carbonyl (C=O) groups excluding carboxylic acids is 4. The van der Waals surface area contributed by atoms with E-state index in [4.69, 9.17) is 9.47 Å². The molecule has 2 aromatic carbocycles. The second kappa shape index (κ2) is 7.75. The zero-order valence-electron chi connectivity index (χ0n) is 17.4. The summed E-state index contributed by atoms with van der Waals surface area (Å²) >= 11 is 0. The highest BCUT2D eigenvalue weighted by Crippen LogP contribution is 2.53. The van der Waals surface area contributed by atoms with Crippen LogP contribution in [0.4, 0.5) is 5.69 Å². The molecule has 2 amide bonds. The fourth-order valence-electron chi connectivity index (χ4n) is 5.07. The average molecular weight is 431 g/mol. The predicted octanol–water partition coefficient (Wildman–Crippen LogP) is 3.05. The first-order chi connectivity index (χ1) is 15.5. The monoisotopic (exact) mass is 431 g/mol. The fourth-order valence-corrected chi connectivity index (χ4v) is 5.07. The summed E-state index contributed by atoms with van der Waals surface area (Å²) in [5.74, 6) is -1.76. The molecular formula is C25H21NO6. The first-order valence-corrected chi connectivity index (χ1v) is 10.5. The number of esters is 1. The van der Waals surface area contributed by atoms with Crippen LogP contribution in [0.3, 0.4) is 0 Å². The lowest BCUT2D eigenvalue weighted by Gasteiger charge is -2.20. The van der Waals surface area contributed by atoms with Crippen molar-refractivity contribution < 1.29 is 28.7 Å². The van der Waals surface area contributed by atoms with Crippen molar-refractivity contribution in [3.8, 4) is 5.75 Å². The molecule has 2 fully saturated rings. The van der Waals surface area contributed by atoms with E-state index in [9.17, 15) is 19.2 Å². The summed E-state index contributed by atoms with van der Waals surface area (Å²) in [4.78, 5) is 52.6. The number of ether oxygens (including phenoxy) is 2. The number of rotatable bonds is 6. The molecule has 0 radical (unpaired) electrons. The highest BCUT2D eigenvalue weighted by Gasteiger charge is 2.59. The molecule has 1 saturated heterocycles. The minimum absolute atomic E-state index is 0.0750. The van der Waals surface area contributed by atoms with Crippen molar-refractivity contribution in [3.05, 3.63) is 71.8 Å². The van der Waals surface area contributed by atoms with Crippen molar-refractivity contribution in [3.63, 3.8) is 0 Å². The van der Waals surface area contributed by atoms with Crippen LogP contribution in [0, 0.1) is 23.7 Å². The molecule has 7 nitrogen and oxygen atoms in total. The summed E-state index contributed by atoms with van der Waals surface area (Å²) in [6.07, 6.45) is 4.87. The van der Waals surface area contributed by atoms with Crippen molar-refractivity contribution in [1.29, 1.82) is 0 Å². The van der Waals surface area contributed by atoms with E-state index in [0.717, 1.165) is 11.3 Å². The van der Waals surface area contributed by atoms with Crippen LogP contribution >= 0.6 is 0 Å². The molecule has 0 spiro atoms. The molecule has 0 aromatic heterocycles. The van der Waals surface area contributed by atoms with E-state index in [0.29, 0.717) is 11.3 Å². The Hall–Kier alpha value is -3.74. The number of hydrogen-bond acceptors (Lipinski definition) is 6. The third kappa shape index (κ3) is 3.12. The lowest BCUT2D eigenvalue weighted by Crippen LogP contribution is -2.34. The summed E-state index contributed by atoms with van der Waals surface area (Å²) in [6, 6.07) is 12.9. The molecule has 0 unspecified atom stereocenters. The van der Waals surface area contributed by atoms with Crippen LogP contribution < -0.4 is 9.64 Å². The number of fused-ring (bicyclic) bond motifs is 5. The second-order valence-electron chi connectivity index (χ2n) is 8.26. The Kier molecular flexibility index (Phi) is 4.89. The summed E-state index contributed by atoms with van der Waals surface area (Å²) in [7, 11) is 1.50. The van der Waals surface area contributed by atoms with Crippen molar-refractivity contribution in [2.45, 2.75) is 6.42 Å². The van der Waals surface area contributed by atoms with Gasteiger partial charge in [-0.15, -0.1) is 0 Å². The summed E-state index contributed by atoms with van der Waals surface area (Å²) in [5.41, 5.74) is 0.634. The third-order valence-corrected chi connectivity index (χ3v) is 6.56. The highest BCUT2D eigenvalue weighted by atomic mass is 16.5. The number of benzene rings is 2. The van der Waals surface area contributed by atoms with Gasteiger partial charge in [-0.25, -0.2) is 9.69 Å². The fraction of sp³-hybridized carbons (Fsp3) is 0.280. The Morgan fingerprint density at radius 3 is 2.34 bits per heavy atom. The topological polar surface area (TPSA) is 90.0 Å². The van der Waals surface area contributed by atoms with Crippen molar-refractivity contribution in [1.82, 2.24) is 0 Å². The smallest absolute Gasteiger partial charge is 0.340 e. The average Bonchev–Trinajstić information content (AvgIpc) is 3.51. The number of nitrogens with zero attached hydrogens (tertiary/aromatic N) is 1. The van der Waals surface area contributed by atoms with Gasteiger partial charge in [0.05, 0.1) is 30.2 Å². The molecule has 2 bridgehead atoms. The largest absolute Gasteiger partial charge is 0.497 e. The Bertz CT molecular complexity index is 1140. The molecule has 2 aliphatic carbocycles. The van der Waals surface area contributed by atoms with E-state index >= 15 is 0 Å². The minimum atomic E-state index is -0.768. The summed E-state index contributed by atoms with van der Waals surface area (Å²) in [5, 5.41) is 0. The number of hydrogen-bond donors (Lipinski definition) is 0. The maximum Gasteiger partial charge on any atom is 0.340 e. The minimum Gasteiger partial charge on any atom is -0.497 e. The highest BCUT2D eigenvalue weighted by molar-refractivity contribution is 6.24. The van der Waals surface area contributed by atoms with E-state index in [1.165, 1.54) is 13.2 Å². The lowest BCUT2D eigenvalue weighted by atomic mass is 9.85. The van der Waals surface area contributed by atoms with Crippen LogP contribution in [-0.2, 0) is 14.3 Å². The van der Waals surface area contributed by atoms with Gasteiger partial charge >= 0.3 is 5.97 Å². The molecule has 1 heterocycles. The first kappa shape index (κ1) is 20.2. The van der Waals surface area contributed by atoms with Gasteiger partial charge in [0.1, 0.15) is 5.75 Å². The Morgan fingerprint density at radius 1 is 0.969 bits per heavy atom. The Morgan fingerprint density at radius 2 is 1.66 bits per heavy atom. The number of para-hydroxylation sites is 1. The summed E-state index contributed by atoms with van der Waals surface area (Å²) in [6.45, 7) is -0.471. The maximum absolute atomic E-state index is 13.1. The number of anilines is 1. The number of allylic oxidation sites excluding steroid dienone is 2. The molecule has 1 aliphatic heterocycles. The van der Waals surface area contributed by atoms with Crippen LogP contribution in [0.25, 0.3) is 0 Å². The quantitative estimate of drug-likeness (QED) is 0.302. The maximum atomic E-state index is 13.1. The zero-order chi connectivity index (χ0) is 22.4. The number of methoxy groups -OCH3 is 1. The number of ketones is 1. The number of imide groups is 1. The second-order valence-corrected chi connectivity index (χ2v) is 8.26. The number of amides is 2. The first-order valence-electron chi connectivity index (χ1n) is 10.5. The molecule has 1 saturated carbocycles. The predicted molar refractivity (Wildman–Crippen MR) is 114 cm³/mol. The van der Waals surface area contributed by atoms with E-state index in [-0.39, 0.29) is 52.5 Å². The van der Waals surface area contributed by atoms with E-state index in [1.54, 1.807) is 42.5 Å². The van der Waals surface area contributed by atoms with Crippen LogP contribution in [0.15, 0.2) is 60.7 Å². The molecule has 0 N–H and O–H groups in total. The Labute approximate surface area is 184 Å². The molecule has 7 heteroatoms. The third-order valence-electron chi connectivity index (χ3n) is 6.56. The van der Waals surface area contributed by atoms with Crippen LogP contribution in [0.2, 0.25) is 0 Å². The van der Waals surface area contributed by atoms with Crippen LogP contribution in [0.5, 0.6) is 5.75 Å². The summed E-state index contributed by atoms with van der Waals surface area (Å²) < 4.78 is 10.4. The molecule has 5 rings (SSSR count). The molecule has 4 atom stereocenters. The van der Waals surface area contributed by atoms with Gasteiger partial charge in [-0.2, -0.15) is 0 Å². The zero-order valence-corrected chi connectivity index (χ0v) is 17.4. The van der Waals surface area contributed by atoms with Crippen LogP contribution in [-0.4, -0.2) is 37.3 Å². The standard InChI is InChI=1S/C25H21NO6/c1-31-17-6-4-5-14(12-17)20(27)13-32-25(30)18-7-2-3-8-19(18)26-23(28)21-15-9-10-16(11-15)22(21)24(26)29/h2-10,12,15-16,21-22H,11,13H2,1H3/t15-,16+,21-,22+. The van der Waals surface area contributed by atoms with Gasteiger partial charge in [-0.3, -0.25) is 14.4 Å². The molecule has 2 aromatic rings. The van der Waals surface area contributed by atoms with Crippen LogP contribution in [0.1, 0.15) is 27.1 Å². The van der Waals surface area contributed by atoms with Gasteiger partial charge in [-0.05, 0) is 42.5 Å². The van der Waals surface area contributed by atoms with Crippen molar-refractivity contribution >= 4 is 29.3 Å². The van der Waals surface area contributed by atoms with Crippen molar-refractivity contribution in [2.75, 3.05) is 18.6 Å². The molecular weight excluding hydrogens is 410 g/mol. The van der Waals surface area contributed by atoms with Gasteiger partial charge in [0, 0.05) is 5.56 Å². The van der Waals surface area contributed by atoms with E-state index in [2.05, 4.69) is 0 Å². The molecule has 162 valence electrons. The Balaban J connectivity index is 1.35. The van der Waals surface area contributed by atoms with Crippen molar-refractivity contribution in [2.24, 2.45) is 23.7 Å². The van der Waals surface area contributed by atoms with Gasteiger partial charge in [0.25, 0.3) is 0 Å². The SMILES string of the molecule is COc1cccc(C(=O)COC(=O)c2ccccc2N2C(=O)[C@@H]3[C@H](C2=O)[C@@H]2C=C[C@H]3C2)c1. The van der Waals surface area contributed by atoms with E-state index < -0.39 is 12.6 Å². The van der Waals surface area contributed by atoms with Gasteiger partial charge < -0.3 is 9.47 Å².